The highest BCUT2D eigenvalue weighted by molar-refractivity contribution is 5.88. The molecule has 160 valence electrons. The van der Waals surface area contributed by atoms with Gasteiger partial charge in [-0.1, -0.05) is 117 Å². The van der Waals surface area contributed by atoms with Gasteiger partial charge in [0.15, 0.2) is 0 Å². The van der Waals surface area contributed by atoms with Gasteiger partial charge in [-0.05, 0) is 12.8 Å². The van der Waals surface area contributed by atoms with Crippen LogP contribution in [0, 0.1) is 0 Å². The molecule has 0 fully saturated rings. The number of esters is 1. The van der Waals surface area contributed by atoms with Crippen LogP contribution in [0.3, 0.4) is 0 Å². The molecule has 0 spiro atoms. The lowest BCUT2D eigenvalue weighted by molar-refractivity contribution is -0.139. The van der Waals surface area contributed by atoms with Crippen LogP contribution in [0.4, 0.5) is 4.39 Å². The molecule has 0 aromatic rings. The summed E-state index contributed by atoms with van der Waals surface area (Å²) in [6, 6.07) is 0. The maximum atomic E-state index is 14.1. The molecule has 0 aromatic heterocycles. The average molecular weight is 385 g/mol. The normalized spacial score (nSPS) is 12.1. The molecule has 0 aliphatic carbocycles. The van der Waals surface area contributed by atoms with Gasteiger partial charge in [-0.3, -0.25) is 0 Å². The molecule has 0 amide bonds. The Bertz CT molecular complexity index is 354. The fraction of sp³-hybridized carbons (Fsp3) is 0.875. The number of carbonyl (C=O) groups is 1. The predicted octanol–water partition coefficient (Wildman–Crippen LogP) is 8.10. The largest absolute Gasteiger partial charge is 0.462 e. The van der Waals surface area contributed by atoms with Gasteiger partial charge in [0.1, 0.15) is 6.17 Å². The molecule has 3 heteroatoms. The Morgan fingerprint density at radius 1 is 0.741 bits per heavy atom. The van der Waals surface area contributed by atoms with Crippen molar-refractivity contribution >= 4 is 5.97 Å². The van der Waals surface area contributed by atoms with Crippen LogP contribution in [0.2, 0.25) is 0 Å². The van der Waals surface area contributed by atoms with Crippen LogP contribution in [0.1, 0.15) is 123 Å². The molecule has 0 aliphatic rings. The minimum absolute atomic E-state index is 0.00286. The van der Waals surface area contributed by atoms with Gasteiger partial charge < -0.3 is 4.74 Å². The van der Waals surface area contributed by atoms with Crippen molar-refractivity contribution in [2.24, 2.45) is 0 Å². The summed E-state index contributed by atoms with van der Waals surface area (Å²) in [6.45, 7) is 8.42. The van der Waals surface area contributed by atoms with Crippen LogP contribution >= 0.6 is 0 Å². The van der Waals surface area contributed by atoms with Crippen LogP contribution < -0.4 is 0 Å². The summed E-state index contributed by atoms with van der Waals surface area (Å²) in [6.07, 6.45) is 18.2. The Hall–Kier alpha value is -0.860. The highest BCUT2D eigenvalue weighted by Gasteiger charge is 2.19. The maximum absolute atomic E-state index is 14.1. The van der Waals surface area contributed by atoms with Crippen LogP contribution in [-0.2, 0) is 9.53 Å². The summed E-state index contributed by atoms with van der Waals surface area (Å²) < 4.78 is 19.3. The first-order valence-electron chi connectivity index (χ1n) is 11.6. The van der Waals surface area contributed by atoms with Gasteiger partial charge in [0.25, 0.3) is 0 Å². The van der Waals surface area contributed by atoms with Gasteiger partial charge in [0, 0.05) is 0 Å². The lowest BCUT2D eigenvalue weighted by atomic mass is 10.0. The second-order valence-electron chi connectivity index (χ2n) is 7.87. The quantitative estimate of drug-likeness (QED) is 0.120. The zero-order valence-corrected chi connectivity index (χ0v) is 18.2. The zero-order chi connectivity index (χ0) is 20.2. The van der Waals surface area contributed by atoms with E-state index in [1.165, 1.54) is 70.6 Å². The summed E-state index contributed by atoms with van der Waals surface area (Å²) in [4.78, 5) is 11.8. The van der Waals surface area contributed by atoms with E-state index < -0.39 is 12.1 Å². The summed E-state index contributed by atoms with van der Waals surface area (Å²) in [7, 11) is 0. The number of halogens is 1. The van der Waals surface area contributed by atoms with E-state index in [2.05, 4.69) is 20.4 Å². The van der Waals surface area contributed by atoms with Crippen LogP contribution in [0.5, 0.6) is 0 Å². The molecule has 0 aliphatic heterocycles. The second-order valence-corrected chi connectivity index (χ2v) is 7.87. The summed E-state index contributed by atoms with van der Waals surface area (Å²) in [5, 5.41) is 0. The first-order chi connectivity index (χ1) is 13.1. The first kappa shape index (κ1) is 26.1. The Labute approximate surface area is 168 Å². The fourth-order valence-corrected chi connectivity index (χ4v) is 3.25. The van der Waals surface area contributed by atoms with E-state index in [1.807, 2.05) is 0 Å². The number of hydrogen-bond acceptors (Lipinski definition) is 2. The Morgan fingerprint density at radius 3 is 1.63 bits per heavy atom. The molecule has 27 heavy (non-hydrogen) atoms. The molecule has 0 bridgehead atoms. The van der Waals surface area contributed by atoms with Gasteiger partial charge in [0.05, 0.1) is 12.2 Å². The predicted molar refractivity (Wildman–Crippen MR) is 115 cm³/mol. The average Bonchev–Trinajstić information content (AvgIpc) is 2.67. The van der Waals surface area contributed by atoms with Crippen molar-refractivity contribution in [2.45, 2.75) is 129 Å². The van der Waals surface area contributed by atoms with Crippen molar-refractivity contribution in [1.82, 2.24) is 0 Å². The van der Waals surface area contributed by atoms with E-state index in [4.69, 9.17) is 4.74 Å². The van der Waals surface area contributed by atoms with E-state index in [1.54, 1.807) is 0 Å². The summed E-state index contributed by atoms with van der Waals surface area (Å²) in [5.41, 5.74) is -0.00286. The molecule has 0 radical (unpaired) electrons. The molecule has 0 rings (SSSR count). The van der Waals surface area contributed by atoms with E-state index in [9.17, 15) is 9.18 Å². The molecule has 2 nitrogen and oxygen atoms in total. The van der Waals surface area contributed by atoms with Crippen molar-refractivity contribution in [3.63, 3.8) is 0 Å². The number of hydrogen-bond donors (Lipinski definition) is 0. The zero-order valence-electron chi connectivity index (χ0n) is 18.2. The number of alkyl halides is 1. The standard InChI is InChI=1S/C24H45FO2/c1-4-6-8-10-12-13-14-15-16-18-20-23(25)22(3)24(26)27-21-19-17-11-9-7-5-2/h23H,3-21H2,1-2H3. The molecule has 0 aromatic carbocycles. The van der Waals surface area contributed by atoms with Crippen molar-refractivity contribution in [2.75, 3.05) is 6.61 Å². The SMILES string of the molecule is C=C(C(=O)OCCCCCCCC)C(F)CCCCCCCCCCCC. The van der Waals surface area contributed by atoms with Crippen molar-refractivity contribution in [3.8, 4) is 0 Å². The first-order valence-corrected chi connectivity index (χ1v) is 11.6. The third-order valence-corrected chi connectivity index (χ3v) is 5.18. The van der Waals surface area contributed by atoms with Gasteiger partial charge in [-0.15, -0.1) is 0 Å². The smallest absolute Gasteiger partial charge is 0.336 e. The summed E-state index contributed by atoms with van der Waals surface area (Å²) in [5.74, 6) is -0.553. The molecule has 1 atom stereocenters. The van der Waals surface area contributed by atoms with Crippen molar-refractivity contribution < 1.29 is 13.9 Å². The number of carbonyl (C=O) groups excluding carboxylic acids is 1. The van der Waals surface area contributed by atoms with Crippen LogP contribution in [0.15, 0.2) is 12.2 Å². The van der Waals surface area contributed by atoms with E-state index in [0.29, 0.717) is 13.0 Å². The second kappa shape index (κ2) is 19.9. The van der Waals surface area contributed by atoms with Crippen molar-refractivity contribution in [3.05, 3.63) is 12.2 Å². The van der Waals surface area contributed by atoms with Crippen molar-refractivity contribution in [1.29, 1.82) is 0 Å². The van der Waals surface area contributed by atoms with Gasteiger partial charge in [-0.2, -0.15) is 0 Å². The molecule has 0 saturated heterocycles. The molecule has 1 unspecified atom stereocenters. The lowest BCUT2D eigenvalue weighted by Gasteiger charge is -2.11. The molecule has 0 saturated carbocycles. The van der Waals surface area contributed by atoms with Crippen LogP contribution in [0.25, 0.3) is 0 Å². The number of unbranched alkanes of at least 4 members (excludes halogenated alkanes) is 14. The molecule has 0 heterocycles. The van der Waals surface area contributed by atoms with E-state index >= 15 is 0 Å². The highest BCUT2D eigenvalue weighted by Crippen LogP contribution is 2.17. The number of ether oxygens (including phenoxy) is 1. The summed E-state index contributed by atoms with van der Waals surface area (Å²) >= 11 is 0. The lowest BCUT2D eigenvalue weighted by Crippen LogP contribution is -2.16. The Balaban J connectivity index is 3.52. The van der Waals surface area contributed by atoms with Gasteiger partial charge in [0.2, 0.25) is 0 Å². The van der Waals surface area contributed by atoms with Gasteiger partial charge in [-0.25, -0.2) is 9.18 Å². The number of rotatable bonds is 20. The van der Waals surface area contributed by atoms with E-state index in [0.717, 1.165) is 32.1 Å². The minimum atomic E-state index is -1.25. The van der Waals surface area contributed by atoms with E-state index in [-0.39, 0.29) is 5.57 Å². The molecular weight excluding hydrogens is 339 g/mol. The Morgan fingerprint density at radius 2 is 1.15 bits per heavy atom. The highest BCUT2D eigenvalue weighted by atomic mass is 19.1. The maximum Gasteiger partial charge on any atom is 0.336 e. The Kier molecular flexibility index (Phi) is 19.3. The minimum Gasteiger partial charge on any atom is -0.462 e. The fourth-order valence-electron chi connectivity index (χ4n) is 3.25. The monoisotopic (exact) mass is 384 g/mol. The third kappa shape index (κ3) is 17.0. The van der Waals surface area contributed by atoms with Crippen LogP contribution in [-0.4, -0.2) is 18.7 Å². The molecule has 0 N–H and O–H groups in total. The topological polar surface area (TPSA) is 26.3 Å². The third-order valence-electron chi connectivity index (χ3n) is 5.18. The van der Waals surface area contributed by atoms with Gasteiger partial charge >= 0.3 is 5.97 Å². The molecular formula is C24H45FO2.